The van der Waals surface area contributed by atoms with Crippen molar-refractivity contribution < 1.29 is 4.74 Å². The highest BCUT2D eigenvalue weighted by Gasteiger charge is 2.14. The van der Waals surface area contributed by atoms with Gasteiger partial charge in [0.1, 0.15) is 0 Å². The minimum Gasteiger partial charge on any atom is -0.370 e. The van der Waals surface area contributed by atoms with Crippen LogP contribution >= 0.6 is 0 Å². The third-order valence-corrected chi connectivity index (χ3v) is 2.43. The molecule has 15 heavy (non-hydrogen) atoms. The quantitative estimate of drug-likeness (QED) is 0.824. The summed E-state index contributed by atoms with van der Waals surface area (Å²) in [5.74, 6) is 0. The first-order valence-electron chi connectivity index (χ1n) is 5.47. The Morgan fingerprint density at radius 1 is 1.27 bits per heavy atom. The van der Waals surface area contributed by atoms with E-state index in [2.05, 4.69) is 32.0 Å². The molecule has 1 atom stereocenters. The zero-order chi connectivity index (χ0) is 11.4. The molecule has 0 spiro atoms. The molecule has 0 radical (unpaired) electrons. The van der Waals surface area contributed by atoms with Crippen molar-refractivity contribution in [3.05, 3.63) is 34.9 Å². The summed E-state index contributed by atoms with van der Waals surface area (Å²) in [5, 5.41) is 0. The highest BCUT2D eigenvalue weighted by Crippen LogP contribution is 2.22. The molecule has 1 aromatic carbocycles. The molecule has 0 amide bonds. The van der Waals surface area contributed by atoms with Crippen LogP contribution in [-0.4, -0.2) is 12.6 Å². The molecule has 84 valence electrons. The molecule has 2 heteroatoms. The molecular weight excluding hydrogens is 186 g/mol. The first-order chi connectivity index (χ1) is 7.04. The molecular formula is C13H21NO. The summed E-state index contributed by atoms with van der Waals surface area (Å²) in [6.07, 6.45) is 0.225. The monoisotopic (exact) mass is 207 g/mol. The number of rotatable bonds is 4. The second-order valence-electron chi connectivity index (χ2n) is 4.27. The number of ether oxygens (including phenoxy) is 1. The van der Waals surface area contributed by atoms with Crippen molar-refractivity contribution in [1.29, 1.82) is 0 Å². The van der Waals surface area contributed by atoms with Crippen LogP contribution in [0.4, 0.5) is 0 Å². The van der Waals surface area contributed by atoms with E-state index in [1.165, 1.54) is 16.7 Å². The minimum atomic E-state index is 0.0184. The molecule has 2 nitrogen and oxygen atoms in total. The van der Waals surface area contributed by atoms with Crippen LogP contribution < -0.4 is 5.73 Å². The van der Waals surface area contributed by atoms with Crippen molar-refractivity contribution in [1.82, 2.24) is 0 Å². The summed E-state index contributed by atoms with van der Waals surface area (Å²) in [4.78, 5) is 0. The van der Waals surface area contributed by atoms with Crippen LogP contribution in [0.3, 0.4) is 0 Å². The van der Waals surface area contributed by atoms with Crippen molar-refractivity contribution in [3.63, 3.8) is 0 Å². The average molecular weight is 207 g/mol. The van der Waals surface area contributed by atoms with E-state index in [9.17, 15) is 0 Å². The highest BCUT2D eigenvalue weighted by molar-refractivity contribution is 5.32. The third-order valence-electron chi connectivity index (χ3n) is 2.43. The molecule has 0 fully saturated rings. The van der Waals surface area contributed by atoms with Crippen molar-refractivity contribution in [2.45, 2.75) is 39.9 Å². The van der Waals surface area contributed by atoms with Crippen molar-refractivity contribution >= 4 is 0 Å². The van der Waals surface area contributed by atoms with E-state index >= 15 is 0 Å². The smallest absolute Gasteiger partial charge is 0.0953 e. The van der Waals surface area contributed by atoms with E-state index in [1.807, 2.05) is 13.8 Å². The van der Waals surface area contributed by atoms with Gasteiger partial charge < -0.3 is 10.5 Å². The molecule has 0 bridgehead atoms. The van der Waals surface area contributed by atoms with Crippen molar-refractivity contribution in [2.24, 2.45) is 5.73 Å². The Bertz CT molecular complexity index is 320. The molecule has 1 unspecified atom stereocenters. The number of hydrogen-bond acceptors (Lipinski definition) is 2. The highest BCUT2D eigenvalue weighted by atomic mass is 16.5. The Hall–Kier alpha value is -0.860. The summed E-state index contributed by atoms with van der Waals surface area (Å²) in [6, 6.07) is 6.40. The van der Waals surface area contributed by atoms with Crippen LogP contribution in [0.25, 0.3) is 0 Å². The van der Waals surface area contributed by atoms with Crippen molar-refractivity contribution in [2.75, 3.05) is 6.54 Å². The summed E-state index contributed by atoms with van der Waals surface area (Å²) < 4.78 is 5.80. The normalized spacial score (nSPS) is 13.2. The summed E-state index contributed by atoms with van der Waals surface area (Å²) in [5.41, 5.74) is 9.46. The maximum atomic E-state index is 5.80. The van der Waals surface area contributed by atoms with E-state index in [0.29, 0.717) is 6.54 Å². The van der Waals surface area contributed by atoms with Gasteiger partial charge in [0.05, 0.1) is 12.2 Å². The second kappa shape index (κ2) is 5.29. The van der Waals surface area contributed by atoms with Gasteiger partial charge in [0, 0.05) is 6.54 Å². The Morgan fingerprint density at radius 3 is 2.47 bits per heavy atom. The number of aryl methyl sites for hydroxylation is 2. The Labute approximate surface area is 92.4 Å². The first-order valence-corrected chi connectivity index (χ1v) is 5.47. The Kier molecular flexibility index (Phi) is 4.30. The lowest BCUT2D eigenvalue weighted by molar-refractivity contribution is 0.0116. The van der Waals surface area contributed by atoms with E-state index in [1.54, 1.807) is 0 Å². The molecule has 0 aliphatic carbocycles. The minimum absolute atomic E-state index is 0.0184. The maximum Gasteiger partial charge on any atom is 0.0953 e. The van der Waals surface area contributed by atoms with Gasteiger partial charge in [0.15, 0.2) is 0 Å². The fourth-order valence-corrected chi connectivity index (χ4v) is 1.69. The predicted octanol–water partition coefficient (Wildman–Crippen LogP) is 2.73. The zero-order valence-electron chi connectivity index (χ0n) is 10.1. The van der Waals surface area contributed by atoms with E-state index in [0.717, 1.165) is 0 Å². The lowest BCUT2D eigenvalue weighted by Crippen LogP contribution is -2.20. The fraction of sp³-hybridized carbons (Fsp3) is 0.538. The Morgan fingerprint density at radius 2 is 1.93 bits per heavy atom. The van der Waals surface area contributed by atoms with E-state index in [-0.39, 0.29) is 12.2 Å². The van der Waals surface area contributed by atoms with Gasteiger partial charge in [-0.05, 0) is 38.8 Å². The van der Waals surface area contributed by atoms with Gasteiger partial charge in [0.2, 0.25) is 0 Å². The molecule has 0 aliphatic rings. The first kappa shape index (κ1) is 12.2. The maximum absolute atomic E-state index is 5.80. The van der Waals surface area contributed by atoms with Gasteiger partial charge in [-0.2, -0.15) is 0 Å². The van der Waals surface area contributed by atoms with Gasteiger partial charge in [0.25, 0.3) is 0 Å². The summed E-state index contributed by atoms with van der Waals surface area (Å²) >= 11 is 0. The van der Waals surface area contributed by atoms with Crippen LogP contribution in [-0.2, 0) is 4.74 Å². The zero-order valence-corrected chi connectivity index (χ0v) is 10.1. The Balaban J connectivity index is 2.95. The SMILES string of the molecule is Cc1ccc(C)c(C(CN)OC(C)C)c1. The lowest BCUT2D eigenvalue weighted by Gasteiger charge is -2.21. The fourth-order valence-electron chi connectivity index (χ4n) is 1.69. The standard InChI is InChI=1S/C13H21NO/c1-9(2)15-13(8-14)12-7-10(3)5-6-11(12)4/h5-7,9,13H,8,14H2,1-4H3. The lowest BCUT2D eigenvalue weighted by atomic mass is 10.0. The van der Waals surface area contributed by atoms with Crippen LogP contribution in [0.5, 0.6) is 0 Å². The van der Waals surface area contributed by atoms with E-state index < -0.39 is 0 Å². The topological polar surface area (TPSA) is 35.2 Å². The molecule has 1 rings (SSSR count). The average Bonchev–Trinajstić information content (AvgIpc) is 2.18. The van der Waals surface area contributed by atoms with Gasteiger partial charge in [-0.3, -0.25) is 0 Å². The summed E-state index contributed by atoms with van der Waals surface area (Å²) in [7, 11) is 0. The number of benzene rings is 1. The van der Waals surface area contributed by atoms with Crippen LogP contribution in [0.1, 0.15) is 36.6 Å². The molecule has 0 aliphatic heterocycles. The second-order valence-corrected chi connectivity index (χ2v) is 4.27. The predicted molar refractivity (Wildman–Crippen MR) is 63.9 cm³/mol. The van der Waals surface area contributed by atoms with Crippen LogP contribution in [0.15, 0.2) is 18.2 Å². The molecule has 0 saturated heterocycles. The molecule has 0 aromatic heterocycles. The van der Waals surface area contributed by atoms with Gasteiger partial charge in [-0.25, -0.2) is 0 Å². The van der Waals surface area contributed by atoms with Crippen molar-refractivity contribution in [3.8, 4) is 0 Å². The molecule has 0 saturated carbocycles. The van der Waals surface area contributed by atoms with Gasteiger partial charge >= 0.3 is 0 Å². The van der Waals surface area contributed by atoms with E-state index in [4.69, 9.17) is 10.5 Å². The van der Waals surface area contributed by atoms with Gasteiger partial charge in [-0.1, -0.05) is 23.8 Å². The van der Waals surface area contributed by atoms with Crippen LogP contribution in [0, 0.1) is 13.8 Å². The molecule has 1 aromatic rings. The number of nitrogens with two attached hydrogens (primary N) is 1. The van der Waals surface area contributed by atoms with Gasteiger partial charge in [-0.15, -0.1) is 0 Å². The molecule has 2 N–H and O–H groups in total. The molecule has 0 heterocycles. The summed E-state index contributed by atoms with van der Waals surface area (Å²) in [6.45, 7) is 8.79. The third kappa shape index (κ3) is 3.33. The van der Waals surface area contributed by atoms with Crippen LogP contribution in [0.2, 0.25) is 0 Å². The number of hydrogen-bond donors (Lipinski definition) is 1. The largest absolute Gasteiger partial charge is 0.370 e.